The van der Waals surface area contributed by atoms with Crippen LogP contribution in [0.4, 0.5) is 0 Å². The third-order valence-corrected chi connectivity index (χ3v) is 4.31. The Morgan fingerprint density at radius 1 is 1.00 bits per heavy atom. The van der Waals surface area contributed by atoms with E-state index in [4.69, 9.17) is 4.74 Å². The maximum atomic E-state index is 10.6. The van der Waals surface area contributed by atoms with Gasteiger partial charge in [0.05, 0.1) is 6.10 Å². The molecule has 142 valence electrons. The Bertz CT molecular complexity index is 662. The molecule has 0 spiro atoms. The molecule has 0 bridgehead atoms. The number of hydrogen-bond donors (Lipinski definition) is 4. The molecule has 3 unspecified atom stereocenters. The summed E-state index contributed by atoms with van der Waals surface area (Å²) < 4.78 is 5.95. The highest BCUT2D eigenvalue weighted by Gasteiger charge is 2.18. The molecule has 4 N–H and O–H groups in total. The maximum Gasteiger partial charge on any atom is 0.151 e. The number of rotatable bonds is 10. The number of benzene rings is 2. The van der Waals surface area contributed by atoms with E-state index in [0.717, 1.165) is 12.0 Å². The van der Waals surface area contributed by atoms with Crippen LogP contribution in [0.5, 0.6) is 11.5 Å². The first-order valence-corrected chi connectivity index (χ1v) is 9.19. The number of aliphatic hydroxyl groups excluding tert-OH is 2. The van der Waals surface area contributed by atoms with Gasteiger partial charge in [-0.1, -0.05) is 44.2 Å². The van der Waals surface area contributed by atoms with Gasteiger partial charge in [-0.25, -0.2) is 0 Å². The monoisotopic (exact) mass is 359 g/mol. The number of phenols is 1. The summed E-state index contributed by atoms with van der Waals surface area (Å²) in [7, 11) is 0. The number of phenolic OH excluding ortho intramolecular Hbond substituents is 1. The second-order valence-corrected chi connectivity index (χ2v) is 6.37. The van der Waals surface area contributed by atoms with Crippen molar-refractivity contribution in [1.29, 1.82) is 0 Å². The Hall–Kier alpha value is -2.08. The number of aliphatic hydroxyl groups is 2. The Balaban J connectivity index is 2.10. The zero-order chi connectivity index (χ0) is 18.9. The van der Waals surface area contributed by atoms with Crippen LogP contribution in [0.15, 0.2) is 48.5 Å². The quantitative estimate of drug-likeness (QED) is 0.488. The maximum absolute atomic E-state index is 10.6. The molecule has 0 saturated heterocycles. The van der Waals surface area contributed by atoms with Crippen LogP contribution < -0.4 is 10.1 Å². The lowest BCUT2D eigenvalue weighted by Gasteiger charge is -2.24. The highest BCUT2D eigenvalue weighted by molar-refractivity contribution is 5.41. The summed E-state index contributed by atoms with van der Waals surface area (Å²) in [6, 6.07) is 14.7. The molecule has 2 aromatic carbocycles. The topological polar surface area (TPSA) is 82.0 Å². The van der Waals surface area contributed by atoms with Gasteiger partial charge in [0.1, 0.15) is 17.7 Å². The molecular formula is C21H29NO4. The molecule has 0 saturated carbocycles. The van der Waals surface area contributed by atoms with Gasteiger partial charge in [-0.05, 0) is 49.4 Å². The van der Waals surface area contributed by atoms with Crippen molar-refractivity contribution in [2.24, 2.45) is 0 Å². The Kier molecular flexibility index (Phi) is 7.91. The average molecular weight is 359 g/mol. The minimum atomic E-state index is -0.758. The Morgan fingerprint density at radius 3 is 2.38 bits per heavy atom. The standard InChI is InChI=1S/C21H29NO4/c1-3-20(25)22-21(4-2)26-19-13-11-16(23)14-17(19)18(24)12-10-15-8-6-5-7-9-15/h5-9,11,13-14,18,20-25H,3-4,10,12H2,1-2H3. The van der Waals surface area contributed by atoms with Crippen LogP contribution in [-0.4, -0.2) is 27.8 Å². The molecular weight excluding hydrogens is 330 g/mol. The van der Waals surface area contributed by atoms with Crippen molar-refractivity contribution in [2.75, 3.05) is 0 Å². The molecule has 3 atom stereocenters. The molecule has 0 fully saturated rings. The molecule has 0 aromatic heterocycles. The summed E-state index contributed by atoms with van der Waals surface area (Å²) in [5, 5.41) is 33.2. The second-order valence-electron chi connectivity index (χ2n) is 6.37. The van der Waals surface area contributed by atoms with E-state index in [1.807, 2.05) is 44.2 Å². The SMILES string of the molecule is CCC(O)NC(CC)Oc1ccc(O)cc1C(O)CCc1ccccc1. The lowest BCUT2D eigenvalue weighted by molar-refractivity contribution is 0.0496. The minimum Gasteiger partial charge on any atom is -0.508 e. The van der Waals surface area contributed by atoms with E-state index in [1.54, 1.807) is 6.07 Å². The molecule has 0 aliphatic heterocycles. The zero-order valence-electron chi connectivity index (χ0n) is 15.4. The van der Waals surface area contributed by atoms with E-state index in [-0.39, 0.29) is 12.0 Å². The van der Waals surface area contributed by atoms with E-state index in [0.29, 0.717) is 30.6 Å². The van der Waals surface area contributed by atoms with Crippen LogP contribution in [0.25, 0.3) is 0 Å². The molecule has 0 heterocycles. The molecule has 2 aromatic rings. The van der Waals surface area contributed by atoms with Crippen molar-refractivity contribution in [1.82, 2.24) is 5.32 Å². The zero-order valence-corrected chi connectivity index (χ0v) is 15.4. The Morgan fingerprint density at radius 2 is 1.73 bits per heavy atom. The average Bonchev–Trinajstić information content (AvgIpc) is 2.67. The predicted molar refractivity (Wildman–Crippen MR) is 102 cm³/mol. The summed E-state index contributed by atoms with van der Waals surface area (Å²) >= 11 is 0. The highest BCUT2D eigenvalue weighted by atomic mass is 16.5. The number of aryl methyl sites for hydroxylation is 1. The number of aromatic hydroxyl groups is 1. The van der Waals surface area contributed by atoms with Gasteiger partial charge in [-0.2, -0.15) is 0 Å². The Labute approximate surface area is 155 Å². The molecule has 0 radical (unpaired) electrons. The molecule has 5 heteroatoms. The van der Waals surface area contributed by atoms with E-state index in [1.165, 1.54) is 12.1 Å². The van der Waals surface area contributed by atoms with Gasteiger partial charge < -0.3 is 20.1 Å². The van der Waals surface area contributed by atoms with Crippen molar-refractivity contribution in [3.05, 3.63) is 59.7 Å². The molecule has 0 aliphatic carbocycles. The van der Waals surface area contributed by atoms with Gasteiger partial charge in [0.2, 0.25) is 0 Å². The first-order chi connectivity index (χ1) is 12.5. The number of hydrogen-bond acceptors (Lipinski definition) is 5. The molecule has 0 aliphatic rings. The van der Waals surface area contributed by atoms with E-state index < -0.39 is 12.3 Å². The van der Waals surface area contributed by atoms with Gasteiger partial charge >= 0.3 is 0 Å². The first kappa shape index (κ1) is 20.2. The van der Waals surface area contributed by atoms with Gasteiger partial charge in [0.15, 0.2) is 6.23 Å². The highest BCUT2D eigenvalue weighted by Crippen LogP contribution is 2.32. The minimum absolute atomic E-state index is 0.0840. The lowest BCUT2D eigenvalue weighted by Crippen LogP contribution is -2.41. The predicted octanol–water partition coefficient (Wildman–Crippen LogP) is 3.49. The summed E-state index contributed by atoms with van der Waals surface area (Å²) in [4.78, 5) is 0. The van der Waals surface area contributed by atoms with Crippen LogP contribution in [0.3, 0.4) is 0 Å². The summed E-state index contributed by atoms with van der Waals surface area (Å²) in [5.41, 5.74) is 1.69. The van der Waals surface area contributed by atoms with Crippen molar-refractivity contribution in [2.45, 2.75) is 58.1 Å². The molecule has 5 nitrogen and oxygen atoms in total. The fourth-order valence-corrected chi connectivity index (χ4v) is 2.73. The normalized spacial score (nSPS) is 14.6. The number of ether oxygens (including phenoxy) is 1. The van der Waals surface area contributed by atoms with Gasteiger partial charge in [0.25, 0.3) is 0 Å². The van der Waals surface area contributed by atoms with Crippen LogP contribution in [0.2, 0.25) is 0 Å². The van der Waals surface area contributed by atoms with Crippen molar-refractivity contribution >= 4 is 0 Å². The largest absolute Gasteiger partial charge is 0.508 e. The van der Waals surface area contributed by atoms with Gasteiger partial charge in [0, 0.05) is 5.56 Å². The van der Waals surface area contributed by atoms with Gasteiger partial charge in [-0.15, -0.1) is 0 Å². The third-order valence-electron chi connectivity index (χ3n) is 4.31. The fraction of sp³-hybridized carbons (Fsp3) is 0.429. The van der Waals surface area contributed by atoms with Crippen molar-refractivity contribution in [3.63, 3.8) is 0 Å². The van der Waals surface area contributed by atoms with Crippen molar-refractivity contribution in [3.8, 4) is 11.5 Å². The first-order valence-electron chi connectivity index (χ1n) is 9.19. The van der Waals surface area contributed by atoms with Crippen LogP contribution in [-0.2, 0) is 6.42 Å². The van der Waals surface area contributed by atoms with E-state index in [2.05, 4.69) is 5.32 Å². The van der Waals surface area contributed by atoms with Crippen molar-refractivity contribution < 1.29 is 20.1 Å². The third kappa shape index (κ3) is 6.02. The van der Waals surface area contributed by atoms with Gasteiger partial charge in [-0.3, -0.25) is 5.32 Å². The molecule has 2 rings (SSSR count). The van der Waals surface area contributed by atoms with E-state index >= 15 is 0 Å². The van der Waals surface area contributed by atoms with E-state index in [9.17, 15) is 15.3 Å². The van der Waals surface area contributed by atoms with Crippen LogP contribution in [0.1, 0.15) is 50.3 Å². The molecule has 0 amide bonds. The van der Waals surface area contributed by atoms with Crippen LogP contribution >= 0.6 is 0 Å². The lowest BCUT2D eigenvalue weighted by atomic mass is 10.0. The summed E-state index contributed by atoms with van der Waals surface area (Å²) in [5.74, 6) is 0.590. The number of nitrogens with one attached hydrogen (secondary N) is 1. The smallest absolute Gasteiger partial charge is 0.151 e. The van der Waals surface area contributed by atoms with Crippen LogP contribution in [0, 0.1) is 0 Å². The summed E-state index contributed by atoms with van der Waals surface area (Å²) in [6.45, 7) is 3.83. The fourth-order valence-electron chi connectivity index (χ4n) is 2.73. The molecule has 26 heavy (non-hydrogen) atoms. The second kappa shape index (κ2) is 10.2. The summed E-state index contributed by atoms with van der Waals surface area (Å²) in [6.07, 6.45) is 0.677.